The van der Waals surface area contributed by atoms with Crippen LogP contribution in [0.3, 0.4) is 0 Å². The van der Waals surface area contributed by atoms with Gasteiger partial charge in [0.05, 0.1) is 0 Å². The molecule has 0 aromatic rings. The van der Waals surface area contributed by atoms with Gasteiger partial charge in [0.2, 0.25) is 0 Å². The molecule has 2 bridgehead atoms. The molecule has 0 aromatic carbocycles. The average Bonchev–Trinajstić information content (AvgIpc) is 2.85. The minimum absolute atomic E-state index is 0.590. The first-order valence-corrected chi connectivity index (χ1v) is 7.11. The number of hydrogen-bond donors (Lipinski definition) is 0. The number of allylic oxidation sites excluding steroid dienone is 2. The lowest BCUT2D eigenvalue weighted by Crippen LogP contribution is -2.36. The highest BCUT2D eigenvalue weighted by Crippen LogP contribution is 2.69. The molecule has 86 valence electrons. The summed E-state index contributed by atoms with van der Waals surface area (Å²) in [5.41, 5.74) is 0. The lowest BCUT2D eigenvalue weighted by molar-refractivity contribution is 0.306. The standard InChI is InChI=1S/C14H21BO/c1-16-15-13(9-4-2-3-5-9)10-6-7-11-12(8-10)14(11)15/h6-7,9-14H,2-5,8H2,1H3/t10-,11-,12+,13+,14+/m0/s1. The highest BCUT2D eigenvalue weighted by Gasteiger charge is 2.64. The molecule has 0 aromatic heterocycles. The van der Waals surface area contributed by atoms with Crippen LogP contribution in [-0.2, 0) is 4.65 Å². The van der Waals surface area contributed by atoms with E-state index in [1.165, 1.54) is 32.1 Å². The summed E-state index contributed by atoms with van der Waals surface area (Å²) in [4.78, 5) is 0. The van der Waals surface area contributed by atoms with E-state index in [-0.39, 0.29) is 0 Å². The molecule has 0 unspecified atom stereocenters. The van der Waals surface area contributed by atoms with Crippen LogP contribution in [0.2, 0.25) is 11.6 Å². The predicted molar refractivity (Wildman–Crippen MR) is 66.4 cm³/mol. The van der Waals surface area contributed by atoms with Crippen LogP contribution in [0, 0.1) is 23.7 Å². The summed E-state index contributed by atoms with van der Waals surface area (Å²) in [6.07, 6.45) is 12.4. The average molecular weight is 216 g/mol. The molecule has 2 heteroatoms. The van der Waals surface area contributed by atoms with Crippen molar-refractivity contribution in [1.82, 2.24) is 0 Å². The van der Waals surface area contributed by atoms with Crippen LogP contribution in [0.25, 0.3) is 0 Å². The summed E-state index contributed by atoms with van der Waals surface area (Å²) in [7, 11) is 1.95. The third-order valence-corrected chi connectivity index (χ3v) is 5.89. The molecule has 0 spiro atoms. The van der Waals surface area contributed by atoms with Gasteiger partial charge >= 0.3 is 6.92 Å². The van der Waals surface area contributed by atoms with Crippen molar-refractivity contribution in [2.75, 3.05) is 7.11 Å². The van der Waals surface area contributed by atoms with E-state index in [2.05, 4.69) is 12.2 Å². The lowest BCUT2D eigenvalue weighted by atomic mass is 9.41. The van der Waals surface area contributed by atoms with Gasteiger partial charge in [-0.1, -0.05) is 37.8 Å². The molecule has 16 heavy (non-hydrogen) atoms. The maximum absolute atomic E-state index is 5.91. The molecule has 1 saturated heterocycles. The molecule has 4 rings (SSSR count). The first kappa shape index (κ1) is 9.76. The van der Waals surface area contributed by atoms with E-state index in [0.29, 0.717) is 6.92 Å². The van der Waals surface area contributed by atoms with Gasteiger partial charge in [-0.2, -0.15) is 0 Å². The molecule has 0 N–H and O–H groups in total. The largest absolute Gasteiger partial charge is 0.438 e. The summed E-state index contributed by atoms with van der Waals surface area (Å²) in [5.74, 6) is 5.47. The molecule has 1 nitrogen and oxygen atoms in total. The van der Waals surface area contributed by atoms with Crippen LogP contribution >= 0.6 is 0 Å². The molecular weight excluding hydrogens is 195 g/mol. The summed E-state index contributed by atoms with van der Waals surface area (Å²) < 4.78 is 5.91. The van der Waals surface area contributed by atoms with E-state index < -0.39 is 0 Å². The zero-order chi connectivity index (χ0) is 10.7. The van der Waals surface area contributed by atoms with E-state index in [4.69, 9.17) is 4.65 Å². The van der Waals surface area contributed by atoms with Crippen LogP contribution in [0.5, 0.6) is 0 Å². The monoisotopic (exact) mass is 216 g/mol. The number of fused-ring (bicyclic) bond motifs is 2. The molecule has 3 fully saturated rings. The van der Waals surface area contributed by atoms with E-state index in [1.807, 2.05) is 7.11 Å². The Kier molecular flexibility index (Phi) is 2.06. The molecule has 0 radical (unpaired) electrons. The fourth-order valence-electron chi connectivity index (χ4n) is 5.20. The first-order valence-electron chi connectivity index (χ1n) is 7.11. The second-order valence-electron chi connectivity index (χ2n) is 6.43. The Morgan fingerprint density at radius 3 is 2.69 bits per heavy atom. The number of hydrogen-bond acceptors (Lipinski definition) is 1. The molecule has 5 atom stereocenters. The molecule has 1 heterocycles. The van der Waals surface area contributed by atoms with Crippen LogP contribution in [0.15, 0.2) is 12.2 Å². The van der Waals surface area contributed by atoms with Crippen LogP contribution in [0.4, 0.5) is 0 Å². The van der Waals surface area contributed by atoms with Crippen molar-refractivity contribution >= 4 is 6.92 Å². The zero-order valence-electron chi connectivity index (χ0n) is 10.1. The minimum Gasteiger partial charge on any atom is -0.438 e. The summed E-state index contributed by atoms with van der Waals surface area (Å²) in [5, 5.41) is 0. The van der Waals surface area contributed by atoms with Crippen LogP contribution in [-0.4, -0.2) is 14.0 Å². The van der Waals surface area contributed by atoms with Gasteiger partial charge in [0.1, 0.15) is 0 Å². The summed E-state index contributed by atoms with van der Waals surface area (Å²) >= 11 is 0. The van der Waals surface area contributed by atoms with Crippen LogP contribution < -0.4 is 0 Å². The topological polar surface area (TPSA) is 9.23 Å². The van der Waals surface area contributed by atoms with Gasteiger partial charge < -0.3 is 4.65 Å². The third-order valence-electron chi connectivity index (χ3n) is 5.89. The summed E-state index contributed by atoms with van der Waals surface area (Å²) in [6, 6.07) is 0. The molecule has 3 aliphatic carbocycles. The normalized spacial score (nSPS) is 49.8. The van der Waals surface area contributed by atoms with Crippen LogP contribution in [0.1, 0.15) is 32.1 Å². The van der Waals surface area contributed by atoms with Crippen molar-refractivity contribution in [2.45, 2.75) is 43.7 Å². The SMILES string of the molecule is COB1[C@@H]2[C@H]3C=C[C@@H](C[C@H]32)[C@H]1C1CCCC1. The first-order chi connectivity index (χ1) is 7.90. The van der Waals surface area contributed by atoms with Gasteiger partial charge in [-0.3, -0.25) is 0 Å². The second-order valence-corrected chi connectivity index (χ2v) is 6.43. The minimum atomic E-state index is 0.590. The van der Waals surface area contributed by atoms with E-state index >= 15 is 0 Å². The molecule has 1 aliphatic heterocycles. The second kappa shape index (κ2) is 3.38. The van der Waals surface area contributed by atoms with Gasteiger partial charge in [0, 0.05) is 7.11 Å². The highest BCUT2D eigenvalue weighted by molar-refractivity contribution is 6.57. The maximum Gasteiger partial charge on any atom is 0.300 e. The number of rotatable bonds is 2. The van der Waals surface area contributed by atoms with Crippen molar-refractivity contribution in [3.63, 3.8) is 0 Å². The predicted octanol–water partition coefficient (Wildman–Crippen LogP) is 3.39. The molecule has 4 aliphatic rings. The Labute approximate surface area is 98.7 Å². The Morgan fingerprint density at radius 1 is 1.12 bits per heavy atom. The smallest absolute Gasteiger partial charge is 0.300 e. The van der Waals surface area contributed by atoms with Crippen molar-refractivity contribution in [2.24, 2.45) is 23.7 Å². The fraction of sp³-hybridized carbons (Fsp3) is 0.857. The maximum atomic E-state index is 5.91. The summed E-state index contributed by atoms with van der Waals surface area (Å²) in [6.45, 7) is 0.590. The van der Waals surface area contributed by atoms with Gasteiger partial charge in [0.15, 0.2) is 0 Å². The molecular formula is C14H21BO. The Balaban J connectivity index is 1.65. The van der Waals surface area contributed by atoms with E-state index in [1.54, 1.807) is 0 Å². The van der Waals surface area contributed by atoms with Crippen molar-refractivity contribution in [3.05, 3.63) is 12.2 Å². The Hall–Kier alpha value is -0.235. The molecule has 0 amide bonds. The van der Waals surface area contributed by atoms with Crippen molar-refractivity contribution < 1.29 is 4.65 Å². The van der Waals surface area contributed by atoms with Crippen molar-refractivity contribution in [1.29, 1.82) is 0 Å². The molecule has 2 saturated carbocycles. The van der Waals surface area contributed by atoms with Gasteiger partial charge in [-0.05, 0) is 41.7 Å². The van der Waals surface area contributed by atoms with E-state index in [9.17, 15) is 0 Å². The van der Waals surface area contributed by atoms with E-state index in [0.717, 1.165) is 35.3 Å². The van der Waals surface area contributed by atoms with Gasteiger partial charge in [0.25, 0.3) is 0 Å². The Morgan fingerprint density at radius 2 is 1.94 bits per heavy atom. The van der Waals surface area contributed by atoms with Gasteiger partial charge in [-0.15, -0.1) is 0 Å². The van der Waals surface area contributed by atoms with Crippen molar-refractivity contribution in [3.8, 4) is 0 Å². The third kappa shape index (κ3) is 1.17. The highest BCUT2D eigenvalue weighted by atomic mass is 16.4. The lowest BCUT2D eigenvalue weighted by Gasteiger charge is -2.37. The quantitative estimate of drug-likeness (QED) is 0.507. The van der Waals surface area contributed by atoms with Gasteiger partial charge in [-0.25, -0.2) is 0 Å². The fourth-order valence-corrected chi connectivity index (χ4v) is 5.20. The Bertz CT molecular complexity index is 321. The zero-order valence-corrected chi connectivity index (χ0v) is 10.1.